The molecule has 1 aliphatic carbocycles. The summed E-state index contributed by atoms with van der Waals surface area (Å²) in [5.74, 6) is 0.0801. The van der Waals surface area contributed by atoms with E-state index in [1.165, 1.54) is 0 Å². The lowest BCUT2D eigenvalue weighted by atomic mass is 10.2. The van der Waals surface area contributed by atoms with E-state index in [-0.39, 0.29) is 18.5 Å². The summed E-state index contributed by atoms with van der Waals surface area (Å²) in [7, 11) is 0. The number of carbonyl (C=O) groups is 2. The first kappa shape index (κ1) is 13.4. The molecule has 0 aromatic heterocycles. The van der Waals surface area contributed by atoms with E-state index in [4.69, 9.17) is 9.47 Å². The van der Waals surface area contributed by atoms with Crippen LogP contribution in [0.2, 0.25) is 0 Å². The Kier molecular flexibility index (Phi) is 4.39. The fourth-order valence-electron chi connectivity index (χ4n) is 1.55. The van der Waals surface area contributed by atoms with E-state index in [9.17, 15) is 9.59 Å². The number of benzene rings is 1. The Morgan fingerprint density at radius 2 is 1.95 bits per heavy atom. The molecule has 1 saturated carbocycles. The third kappa shape index (κ3) is 4.28. The summed E-state index contributed by atoms with van der Waals surface area (Å²) < 4.78 is 10.2. The van der Waals surface area contributed by atoms with Gasteiger partial charge in [0, 0.05) is 6.04 Å². The van der Waals surface area contributed by atoms with Gasteiger partial charge in [-0.25, -0.2) is 4.79 Å². The maximum absolute atomic E-state index is 11.4. The van der Waals surface area contributed by atoms with Crippen LogP contribution in [0.5, 0.6) is 5.75 Å². The normalized spacial score (nSPS) is 13.7. The number of esters is 1. The summed E-state index contributed by atoms with van der Waals surface area (Å²) in [6.45, 7) is 2.10. The molecule has 1 fully saturated rings. The van der Waals surface area contributed by atoms with Crippen LogP contribution in [-0.2, 0) is 9.53 Å². The van der Waals surface area contributed by atoms with Gasteiger partial charge in [0.15, 0.2) is 6.61 Å². The first-order valence-corrected chi connectivity index (χ1v) is 6.38. The minimum absolute atomic E-state index is 0.00471. The quantitative estimate of drug-likeness (QED) is 0.790. The van der Waals surface area contributed by atoms with Crippen LogP contribution < -0.4 is 10.1 Å². The van der Waals surface area contributed by atoms with Crippen molar-refractivity contribution in [3.8, 4) is 5.75 Å². The lowest BCUT2D eigenvalue weighted by molar-refractivity contribution is -0.123. The van der Waals surface area contributed by atoms with E-state index in [2.05, 4.69) is 5.32 Å². The average Bonchev–Trinajstić information content (AvgIpc) is 3.21. The SMILES string of the molecule is CCOC(=O)c1ccc(OCC(=O)NC2CC2)cc1. The zero-order chi connectivity index (χ0) is 13.7. The van der Waals surface area contributed by atoms with Gasteiger partial charge in [-0.1, -0.05) is 0 Å². The van der Waals surface area contributed by atoms with Crippen molar-refractivity contribution in [2.45, 2.75) is 25.8 Å². The van der Waals surface area contributed by atoms with Gasteiger partial charge in [-0.2, -0.15) is 0 Å². The van der Waals surface area contributed by atoms with E-state index in [1.807, 2.05) is 0 Å². The van der Waals surface area contributed by atoms with Gasteiger partial charge >= 0.3 is 5.97 Å². The summed E-state index contributed by atoms with van der Waals surface area (Å²) in [5.41, 5.74) is 0.469. The maximum Gasteiger partial charge on any atom is 0.338 e. The van der Waals surface area contributed by atoms with Gasteiger partial charge in [-0.3, -0.25) is 4.79 Å². The minimum atomic E-state index is -0.361. The van der Waals surface area contributed by atoms with Crippen LogP contribution in [0.4, 0.5) is 0 Å². The predicted octanol–water partition coefficient (Wildman–Crippen LogP) is 1.52. The molecule has 0 bridgehead atoms. The largest absolute Gasteiger partial charge is 0.484 e. The van der Waals surface area contributed by atoms with Crippen LogP contribution in [0.15, 0.2) is 24.3 Å². The number of nitrogens with one attached hydrogen (secondary N) is 1. The van der Waals surface area contributed by atoms with Gasteiger partial charge in [0.1, 0.15) is 5.75 Å². The maximum atomic E-state index is 11.4. The highest BCUT2D eigenvalue weighted by atomic mass is 16.5. The van der Waals surface area contributed by atoms with Gasteiger partial charge in [0.25, 0.3) is 5.91 Å². The van der Waals surface area contributed by atoms with Crippen molar-refractivity contribution in [3.05, 3.63) is 29.8 Å². The molecule has 0 heterocycles. The summed E-state index contributed by atoms with van der Waals surface area (Å²) in [5, 5.41) is 2.83. The third-order valence-corrected chi connectivity index (χ3v) is 2.68. The molecule has 0 aliphatic heterocycles. The molecule has 5 nitrogen and oxygen atoms in total. The molecule has 0 unspecified atom stereocenters. The second-order valence-electron chi connectivity index (χ2n) is 4.38. The molecular weight excluding hydrogens is 246 g/mol. The van der Waals surface area contributed by atoms with E-state index in [0.29, 0.717) is 24.0 Å². The Bertz CT molecular complexity index is 451. The van der Waals surface area contributed by atoms with Crippen LogP contribution in [0.1, 0.15) is 30.1 Å². The molecule has 0 atom stereocenters. The molecule has 102 valence electrons. The minimum Gasteiger partial charge on any atom is -0.484 e. The Balaban J connectivity index is 1.80. The molecule has 5 heteroatoms. The van der Waals surface area contributed by atoms with E-state index in [0.717, 1.165) is 12.8 Å². The second-order valence-corrected chi connectivity index (χ2v) is 4.38. The highest BCUT2D eigenvalue weighted by Gasteiger charge is 2.23. The zero-order valence-electron chi connectivity index (χ0n) is 10.8. The number of ether oxygens (including phenoxy) is 2. The van der Waals surface area contributed by atoms with Crippen LogP contribution in [-0.4, -0.2) is 31.1 Å². The molecule has 1 aromatic carbocycles. The molecule has 1 aliphatic rings. The van der Waals surface area contributed by atoms with Gasteiger partial charge in [0.05, 0.1) is 12.2 Å². The number of hydrogen-bond acceptors (Lipinski definition) is 4. The first-order chi connectivity index (χ1) is 9.19. The fourth-order valence-corrected chi connectivity index (χ4v) is 1.55. The monoisotopic (exact) mass is 263 g/mol. The molecule has 0 spiro atoms. The number of hydrogen-bond donors (Lipinski definition) is 1. The summed E-state index contributed by atoms with van der Waals surface area (Å²) in [6, 6.07) is 6.87. The van der Waals surface area contributed by atoms with Gasteiger partial charge in [0.2, 0.25) is 0 Å². The van der Waals surface area contributed by atoms with Crippen molar-refractivity contribution < 1.29 is 19.1 Å². The lowest BCUT2D eigenvalue weighted by Gasteiger charge is -2.07. The van der Waals surface area contributed by atoms with E-state index < -0.39 is 0 Å². The molecule has 19 heavy (non-hydrogen) atoms. The topological polar surface area (TPSA) is 64.6 Å². The van der Waals surface area contributed by atoms with Crippen molar-refractivity contribution in [1.82, 2.24) is 5.32 Å². The van der Waals surface area contributed by atoms with Crippen LogP contribution in [0.3, 0.4) is 0 Å². The Morgan fingerprint density at radius 3 is 2.53 bits per heavy atom. The van der Waals surface area contributed by atoms with Crippen LogP contribution in [0, 0.1) is 0 Å². The highest BCUT2D eigenvalue weighted by Crippen LogP contribution is 2.18. The van der Waals surface area contributed by atoms with Crippen molar-refractivity contribution in [2.24, 2.45) is 0 Å². The van der Waals surface area contributed by atoms with E-state index >= 15 is 0 Å². The van der Waals surface area contributed by atoms with Crippen molar-refractivity contribution in [2.75, 3.05) is 13.2 Å². The number of amides is 1. The molecule has 0 saturated heterocycles. The average molecular weight is 263 g/mol. The van der Waals surface area contributed by atoms with Crippen LogP contribution in [0.25, 0.3) is 0 Å². The third-order valence-electron chi connectivity index (χ3n) is 2.68. The molecule has 0 radical (unpaired) electrons. The molecule has 1 amide bonds. The molecule has 2 rings (SSSR count). The summed E-state index contributed by atoms with van der Waals surface area (Å²) in [6.07, 6.45) is 2.11. The number of carbonyl (C=O) groups excluding carboxylic acids is 2. The zero-order valence-corrected chi connectivity index (χ0v) is 10.8. The fraction of sp³-hybridized carbons (Fsp3) is 0.429. The molecule has 1 aromatic rings. The molecule has 1 N–H and O–H groups in total. The summed E-state index contributed by atoms with van der Waals surface area (Å²) in [4.78, 5) is 22.8. The molecular formula is C14H17NO4. The van der Waals surface area contributed by atoms with Crippen molar-refractivity contribution in [1.29, 1.82) is 0 Å². The second kappa shape index (κ2) is 6.22. The lowest BCUT2D eigenvalue weighted by Crippen LogP contribution is -2.30. The number of rotatable bonds is 6. The standard InChI is InChI=1S/C14H17NO4/c1-2-18-14(17)10-3-7-12(8-4-10)19-9-13(16)15-11-5-6-11/h3-4,7-8,11H,2,5-6,9H2,1H3,(H,15,16). The Labute approximate surface area is 111 Å². The Hall–Kier alpha value is -2.04. The van der Waals surface area contributed by atoms with Crippen molar-refractivity contribution in [3.63, 3.8) is 0 Å². The first-order valence-electron chi connectivity index (χ1n) is 6.38. The van der Waals surface area contributed by atoms with Crippen molar-refractivity contribution >= 4 is 11.9 Å². The van der Waals surface area contributed by atoms with Gasteiger partial charge in [-0.15, -0.1) is 0 Å². The van der Waals surface area contributed by atoms with E-state index in [1.54, 1.807) is 31.2 Å². The Morgan fingerprint density at radius 1 is 1.26 bits per heavy atom. The van der Waals surface area contributed by atoms with Gasteiger partial charge < -0.3 is 14.8 Å². The highest BCUT2D eigenvalue weighted by molar-refractivity contribution is 5.89. The predicted molar refractivity (Wildman–Crippen MR) is 69.1 cm³/mol. The van der Waals surface area contributed by atoms with Gasteiger partial charge in [-0.05, 0) is 44.0 Å². The smallest absolute Gasteiger partial charge is 0.338 e. The summed E-state index contributed by atoms with van der Waals surface area (Å²) >= 11 is 0. The van der Waals surface area contributed by atoms with Crippen LogP contribution >= 0.6 is 0 Å².